The molecule has 98 valence electrons. The molecule has 1 aliphatic rings. The maximum Gasteiger partial charge on any atom is 0.141 e. The van der Waals surface area contributed by atoms with Gasteiger partial charge in [-0.3, -0.25) is 10.3 Å². The number of benzene rings is 1. The molecule has 0 unspecified atom stereocenters. The van der Waals surface area contributed by atoms with Crippen LogP contribution in [0.25, 0.3) is 0 Å². The van der Waals surface area contributed by atoms with Gasteiger partial charge >= 0.3 is 0 Å². The number of nitrogens with two attached hydrogens (primary N) is 1. The lowest BCUT2D eigenvalue weighted by atomic mass is 10.2. The van der Waals surface area contributed by atoms with E-state index in [1.165, 1.54) is 18.9 Å². The van der Waals surface area contributed by atoms with E-state index in [-0.39, 0.29) is 16.7 Å². The van der Waals surface area contributed by atoms with Crippen molar-refractivity contribution in [1.29, 1.82) is 5.41 Å². The van der Waals surface area contributed by atoms with Crippen LogP contribution in [-0.2, 0) is 6.54 Å². The van der Waals surface area contributed by atoms with E-state index in [0.29, 0.717) is 12.5 Å². The zero-order chi connectivity index (χ0) is 13.1. The second kappa shape index (κ2) is 5.67. The topological polar surface area (TPSA) is 53.1 Å². The molecule has 1 fully saturated rings. The van der Waals surface area contributed by atoms with Gasteiger partial charge < -0.3 is 5.73 Å². The summed E-state index contributed by atoms with van der Waals surface area (Å²) in [6, 6.07) is 5.39. The smallest absolute Gasteiger partial charge is 0.141 e. The summed E-state index contributed by atoms with van der Waals surface area (Å²) >= 11 is 5.77. The number of nitrogens with zero attached hydrogens (tertiary/aromatic N) is 1. The van der Waals surface area contributed by atoms with Crippen molar-refractivity contribution >= 4 is 17.4 Å². The summed E-state index contributed by atoms with van der Waals surface area (Å²) in [6.45, 7) is 1.51. The van der Waals surface area contributed by atoms with Crippen molar-refractivity contribution < 1.29 is 4.39 Å². The van der Waals surface area contributed by atoms with Crippen LogP contribution in [0.3, 0.4) is 0 Å². The standard InChI is InChI=1S/C13H17ClFN3/c14-11-7-9(1-4-12(11)15)8-18(10-2-3-10)6-5-13(16)17/h1,4,7,10H,2-3,5-6,8H2,(H3,16,17). The van der Waals surface area contributed by atoms with Gasteiger partial charge in [0.05, 0.1) is 10.9 Å². The van der Waals surface area contributed by atoms with Crippen LogP contribution in [0.15, 0.2) is 18.2 Å². The first-order chi connectivity index (χ1) is 8.56. The number of amidine groups is 1. The molecule has 0 saturated heterocycles. The molecule has 3 nitrogen and oxygen atoms in total. The number of rotatable bonds is 6. The quantitative estimate of drug-likeness (QED) is 0.616. The number of hydrogen-bond donors (Lipinski definition) is 2. The minimum absolute atomic E-state index is 0.162. The average molecular weight is 270 g/mol. The lowest BCUT2D eigenvalue weighted by Crippen LogP contribution is -2.29. The maximum absolute atomic E-state index is 13.1. The van der Waals surface area contributed by atoms with Gasteiger partial charge in [0, 0.05) is 25.6 Å². The summed E-state index contributed by atoms with van der Waals surface area (Å²) in [5, 5.41) is 7.43. The van der Waals surface area contributed by atoms with Gasteiger partial charge in [0.1, 0.15) is 5.82 Å². The predicted octanol–water partition coefficient (Wildman–Crippen LogP) is 2.77. The molecule has 0 radical (unpaired) electrons. The molecule has 1 aliphatic carbocycles. The largest absolute Gasteiger partial charge is 0.388 e. The van der Waals surface area contributed by atoms with Crippen LogP contribution in [0.2, 0.25) is 5.02 Å². The normalized spacial score (nSPS) is 15.1. The van der Waals surface area contributed by atoms with Crippen LogP contribution in [-0.4, -0.2) is 23.3 Å². The fraction of sp³-hybridized carbons (Fsp3) is 0.462. The van der Waals surface area contributed by atoms with Crippen molar-refractivity contribution in [3.05, 3.63) is 34.6 Å². The molecule has 0 atom stereocenters. The Bertz CT molecular complexity index is 446. The van der Waals surface area contributed by atoms with E-state index in [4.69, 9.17) is 22.7 Å². The third kappa shape index (κ3) is 3.68. The van der Waals surface area contributed by atoms with Crippen molar-refractivity contribution in [1.82, 2.24) is 4.90 Å². The van der Waals surface area contributed by atoms with Crippen LogP contribution < -0.4 is 5.73 Å². The first-order valence-corrected chi connectivity index (χ1v) is 6.45. The Morgan fingerprint density at radius 1 is 1.50 bits per heavy atom. The molecule has 2 rings (SSSR count). The Kier molecular flexibility index (Phi) is 4.19. The third-order valence-electron chi connectivity index (χ3n) is 3.10. The van der Waals surface area contributed by atoms with Crippen LogP contribution in [0.4, 0.5) is 4.39 Å². The highest BCUT2D eigenvalue weighted by molar-refractivity contribution is 6.30. The molecule has 0 bridgehead atoms. The molecule has 0 aliphatic heterocycles. The second-order valence-corrected chi connectivity index (χ2v) is 5.13. The van der Waals surface area contributed by atoms with Crippen molar-refractivity contribution in [3.8, 4) is 0 Å². The number of nitrogens with one attached hydrogen (secondary N) is 1. The molecule has 5 heteroatoms. The van der Waals surface area contributed by atoms with Crippen molar-refractivity contribution in [2.75, 3.05) is 6.54 Å². The summed E-state index contributed by atoms with van der Waals surface area (Å²) in [6.07, 6.45) is 2.95. The van der Waals surface area contributed by atoms with Gasteiger partial charge in [0.25, 0.3) is 0 Å². The summed E-state index contributed by atoms with van der Waals surface area (Å²) in [7, 11) is 0. The molecule has 3 N–H and O–H groups in total. The molecule has 0 aromatic heterocycles. The van der Waals surface area contributed by atoms with E-state index in [1.807, 2.05) is 0 Å². The molecule has 1 aromatic rings. The van der Waals surface area contributed by atoms with Gasteiger partial charge in [-0.1, -0.05) is 17.7 Å². The van der Waals surface area contributed by atoms with Crippen LogP contribution >= 0.6 is 11.6 Å². The van der Waals surface area contributed by atoms with Gasteiger partial charge in [0.2, 0.25) is 0 Å². The van der Waals surface area contributed by atoms with E-state index in [9.17, 15) is 4.39 Å². The van der Waals surface area contributed by atoms with Gasteiger partial charge in [0.15, 0.2) is 0 Å². The summed E-state index contributed by atoms with van der Waals surface area (Å²) in [5.41, 5.74) is 6.38. The van der Waals surface area contributed by atoms with E-state index >= 15 is 0 Å². The monoisotopic (exact) mass is 269 g/mol. The zero-order valence-corrected chi connectivity index (χ0v) is 10.9. The SMILES string of the molecule is N=C(N)CCN(Cc1ccc(F)c(Cl)c1)C1CC1. The lowest BCUT2D eigenvalue weighted by molar-refractivity contribution is 0.262. The highest BCUT2D eigenvalue weighted by Crippen LogP contribution is 2.29. The Balaban J connectivity index is 1.99. The molecule has 18 heavy (non-hydrogen) atoms. The van der Waals surface area contributed by atoms with Crippen LogP contribution in [0.5, 0.6) is 0 Å². The van der Waals surface area contributed by atoms with Gasteiger partial charge in [-0.25, -0.2) is 4.39 Å². The first kappa shape index (κ1) is 13.3. The van der Waals surface area contributed by atoms with Crippen molar-refractivity contribution in [2.45, 2.75) is 31.8 Å². The van der Waals surface area contributed by atoms with E-state index < -0.39 is 0 Å². The summed E-state index contributed by atoms with van der Waals surface area (Å²) in [4.78, 5) is 2.28. The van der Waals surface area contributed by atoms with E-state index in [1.54, 1.807) is 12.1 Å². The van der Waals surface area contributed by atoms with Crippen molar-refractivity contribution in [2.24, 2.45) is 5.73 Å². The second-order valence-electron chi connectivity index (χ2n) is 4.73. The Morgan fingerprint density at radius 2 is 2.22 bits per heavy atom. The molecule has 1 saturated carbocycles. The Labute approximate surface area is 111 Å². The number of hydrogen-bond acceptors (Lipinski definition) is 2. The highest BCUT2D eigenvalue weighted by atomic mass is 35.5. The molecular formula is C13H17ClFN3. The average Bonchev–Trinajstić information content (AvgIpc) is 3.13. The first-order valence-electron chi connectivity index (χ1n) is 6.07. The van der Waals surface area contributed by atoms with Gasteiger partial charge in [-0.2, -0.15) is 0 Å². The minimum atomic E-state index is -0.387. The van der Waals surface area contributed by atoms with Gasteiger partial charge in [-0.15, -0.1) is 0 Å². The fourth-order valence-electron chi connectivity index (χ4n) is 1.97. The predicted molar refractivity (Wildman–Crippen MR) is 71.4 cm³/mol. The van der Waals surface area contributed by atoms with E-state index in [2.05, 4.69) is 4.90 Å². The molecule has 0 amide bonds. The van der Waals surface area contributed by atoms with Crippen LogP contribution in [0, 0.1) is 11.2 Å². The fourth-order valence-corrected chi connectivity index (χ4v) is 2.17. The molecule has 0 spiro atoms. The Hall–Kier alpha value is -1.13. The number of halogens is 2. The molecule has 1 aromatic carbocycles. The Morgan fingerprint density at radius 3 is 2.78 bits per heavy atom. The zero-order valence-electron chi connectivity index (χ0n) is 10.1. The molecule has 0 heterocycles. The molecular weight excluding hydrogens is 253 g/mol. The van der Waals surface area contributed by atoms with E-state index in [0.717, 1.165) is 18.7 Å². The van der Waals surface area contributed by atoms with Crippen molar-refractivity contribution in [3.63, 3.8) is 0 Å². The highest BCUT2D eigenvalue weighted by Gasteiger charge is 2.28. The summed E-state index contributed by atoms with van der Waals surface area (Å²) < 4.78 is 13.1. The summed E-state index contributed by atoms with van der Waals surface area (Å²) in [5.74, 6) is -0.181. The van der Waals surface area contributed by atoms with Crippen LogP contribution in [0.1, 0.15) is 24.8 Å². The third-order valence-corrected chi connectivity index (χ3v) is 3.39. The lowest BCUT2D eigenvalue weighted by Gasteiger charge is -2.21. The van der Waals surface area contributed by atoms with Gasteiger partial charge in [-0.05, 0) is 30.5 Å². The maximum atomic E-state index is 13.1. The minimum Gasteiger partial charge on any atom is -0.388 e.